The second kappa shape index (κ2) is 4.29. The van der Waals surface area contributed by atoms with Crippen molar-refractivity contribution in [1.29, 1.82) is 0 Å². The Bertz CT molecular complexity index is 381. The van der Waals surface area contributed by atoms with E-state index in [-0.39, 0.29) is 6.10 Å². The predicted octanol–water partition coefficient (Wildman–Crippen LogP) is 1.18. The van der Waals surface area contributed by atoms with Gasteiger partial charge in [0.2, 0.25) is 0 Å². The van der Waals surface area contributed by atoms with Gasteiger partial charge in [-0.3, -0.25) is 0 Å². The molecule has 16 heavy (non-hydrogen) atoms. The molecule has 0 spiro atoms. The predicted molar refractivity (Wildman–Crippen MR) is 65.4 cm³/mol. The van der Waals surface area contributed by atoms with E-state index in [2.05, 4.69) is 16.8 Å². The summed E-state index contributed by atoms with van der Waals surface area (Å²) >= 11 is 0. The lowest BCUT2D eigenvalue weighted by atomic mass is 9.97. The number of nitrogens with zero attached hydrogens (tertiary/aromatic N) is 2. The molecule has 1 fully saturated rings. The quantitative estimate of drug-likeness (QED) is 0.747. The third-order valence-corrected chi connectivity index (χ3v) is 3.30. The molecule has 1 saturated heterocycles. The van der Waals surface area contributed by atoms with E-state index >= 15 is 0 Å². The minimum absolute atomic E-state index is 0.175. The molecule has 1 aliphatic rings. The third kappa shape index (κ3) is 2.11. The number of aliphatic hydroxyl groups excluding tert-OH is 1. The normalized spacial score (nSPS) is 25.8. The van der Waals surface area contributed by atoms with Crippen LogP contribution in [0.5, 0.6) is 0 Å². The highest BCUT2D eigenvalue weighted by Gasteiger charge is 2.24. The summed E-state index contributed by atoms with van der Waals surface area (Å²) in [6, 6.07) is 3.85. The fraction of sp³-hybridized carbons (Fsp3) is 0.583. The summed E-state index contributed by atoms with van der Waals surface area (Å²) < 4.78 is 0. The lowest BCUT2D eigenvalue weighted by Crippen LogP contribution is -2.42. The van der Waals surface area contributed by atoms with Crippen LogP contribution < -0.4 is 10.6 Å². The molecular weight excluding hydrogens is 202 g/mol. The Morgan fingerprint density at radius 2 is 2.25 bits per heavy atom. The fourth-order valence-electron chi connectivity index (χ4n) is 2.08. The maximum Gasteiger partial charge on any atom is 0.128 e. The number of aliphatic hydroxyl groups is 1. The van der Waals surface area contributed by atoms with Gasteiger partial charge in [-0.15, -0.1) is 0 Å². The molecule has 0 bridgehead atoms. The van der Waals surface area contributed by atoms with Crippen molar-refractivity contribution in [2.75, 3.05) is 23.7 Å². The molecule has 1 aromatic heterocycles. The Balaban J connectivity index is 2.15. The van der Waals surface area contributed by atoms with E-state index in [0.717, 1.165) is 36.7 Å². The van der Waals surface area contributed by atoms with Gasteiger partial charge >= 0.3 is 0 Å². The second-order valence-electron chi connectivity index (χ2n) is 4.62. The number of rotatable bonds is 1. The highest BCUT2D eigenvalue weighted by atomic mass is 16.3. The van der Waals surface area contributed by atoms with E-state index in [9.17, 15) is 5.11 Å². The van der Waals surface area contributed by atoms with Gasteiger partial charge < -0.3 is 15.7 Å². The maximum atomic E-state index is 9.67. The zero-order valence-electron chi connectivity index (χ0n) is 9.85. The molecule has 4 heteroatoms. The molecule has 1 aromatic rings. The van der Waals surface area contributed by atoms with Crippen molar-refractivity contribution in [2.24, 2.45) is 5.92 Å². The van der Waals surface area contributed by atoms with Crippen molar-refractivity contribution < 1.29 is 5.11 Å². The number of pyridine rings is 1. The van der Waals surface area contributed by atoms with E-state index in [0.29, 0.717) is 5.92 Å². The Morgan fingerprint density at radius 1 is 1.50 bits per heavy atom. The number of aryl methyl sites for hydroxylation is 1. The standard InChI is InChI=1S/C12H19N3O/c1-8-7-15(6-5-11(8)16)12-4-3-10(13)9(2)14-12/h3-4,8,11,16H,5-7,13H2,1-2H3. The lowest BCUT2D eigenvalue weighted by molar-refractivity contribution is 0.0969. The number of hydrogen-bond donors (Lipinski definition) is 2. The topological polar surface area (TPSA) is 62.4 Å². The van der Waals surface area contributed by atoms with E-state index in [1.165, 1.54) is 0 Å². The van der Waals surface area contributed by atoms with Crippen LogP contribution in [0.2, 0.25) is 0 Å². The van der Waals surface area contributed by atoms with Crippen molar-refractivity contribution in [3.05, 3.63) is 17.8 Å². The first-order valence-electron chi connectivity index (χ1n) is 5.74. The third-order valence-electron chi connectivity index (χ3n) is 3.30. The van der Waals surface area contributed by atoms with E-state index in [1.807, 2.05) is 19.1 Å². The molecule has 0 aromatic carbocycles. The molecule has 0 amide bonds. The zero-order chi connectivity index (χ0) is 11.7. The van der Waals surface area contributed by atoms with Gasteiger partial charge in [-0.1, -0.05) is 6.92 Å². The van der Waals surface area contributed by atoms with Crippen LogP contribution in [-0.2, 0) is 0 Å². The van der Waals surface area contributed by atoms with E-state index in [4.69, 9.17) is 5.73 Å². The summed E-state index contributed by atoms with van der Waals surface area (Å²) in [5, 5.41) is 9.67. The molecule has 1 aliphatic heterocycles. The van der Waals surface area contributed by atoms with E-state index in [1.54, 1.807) is 0 Å². The molecule has 2 heterocycles. The molecule has 2 rings (SSSR count). The fourth-order valence-corrected chi connectivity index (χ4v) is 2.08. The van der Waals surface area contributed by atoms with Gasteiger partial charge in [-0.25, -0.2) is 4.98 Å². The first-order valence-corrected chi connectivity index (χ1v) is 5.74. The zero-order valence-corrected chi connectivity index (χ0v) is 9.85. The maximum absolute atomic E-state index is 9.67. The Hall–Kier alpha value is -1.29. The highest BCUT2D eigenvalue weighted by Crippen LogP contribution is 2.23. The van der Waals surface area contributed by atoms with Gasteiger partial charge in [-0.05, 0) is 31.4 Å². The van der Waals surface area contributed by atoms with E-state index < -0.39 is 0 Å². The average Bonchev–Trinajstić information content (AvgIpc) is 2.26. The van der Waals surface area contributed by atoms with Crippen molar-refractivity contribution in [1.82, 2.24) is 4.98 Å². The van der Waals surface area contributed by atoms with Crippen molar-refractivity contribution in [2.45, 2.75) is 26.4 Å². The summed E-state index contributed by atoms with van der Waals surface area (Å²) in [7, 11) is 0. The van der Waals surface area contributed by atoms with Crippen LogP contribution in [0.25, 0.3) is 0 Å². The van der Waals surface area contributed by atoms with Gasteiger partial charge in [0.15, 0.2) is 0 Å². The minimum atomic E-state index is -0.175. The Morgan fingerprint density at radius 3 is 2.88 bits per heavy atom. The highest BCUT2D eigenvalue weighted by molar-refractivity contribution is 5.50. The number of aromatic nitrogens is 1. The number of anilines is 2. The summed E-state index contributed by atoms with van der Waals surface area (Å²) in [6.45, 7) is 5.71. The van der Waals surface area contributed by atoms with Crippen LogP contribution >= 0.6 is 0 Å². The van der Waals surface area contributed by atoms with Crippen LogP contribution in [0, 0.1) is 12.8 Å². The molecule has 2 atom stereocenters. The van der Waals surface area contributed by atoms with Crippen molar-refractivity contribution >= 4 is 11.5 Å². The minimum Gasteiger partial charge on any atom is -0.397 e. The number of nitrogens with two attached hydrogens (primary N) is 1. The summed E-state index contributed by atoms with van der Waals surface area (Å²) in [4.78, 5) is 6.69. The van der Waals surface area contributed by atoms with Gasteiger partial charge in [0.1, 0.15) is 5.82 Å². The van der Waals surface area contributed by atoms with Crippen molar-refractivity contribution in [3.63, 3.8) is 0 Å². The molecule has 0 aliphatic carbocycles. The molecule has 88 valence electrons. The molecule has 3 N–H and O–H groups in total. The van der Waals surface area contributed by atoms with Gasteiger partial charge in [0, 0.05) is 13.1 Å². The molecular formula is C12H19N3O. The largest absolute Gasteiger partial charge is 0.397 e. The van der Waals surface area contributed by atoms with Crippen LogP contribution in [0.15, 0.2) is 12.1 Å². The molecule has 0 radical (unpaired) electrons. The average molecular weight is 221 g/mol. The molecule has 2 unspecified atom stereocenters. The summed E-state index contributed by atoms with van der Waals surface area (Å²) in [6.07, 6.45) is 0.637. The van der Waals surface area contributed by atoms with Gasteiger partial charge in [-0.2, -0.15) is 0 Å². The lowest BCUT2D eigenvalue weighted by Gasteiger charge is -2.35. The van der Waals surface area contributed by atoms with Crippen LogP contribution in [0.1, 0.15) is 19.0 Å². The monoisotopic (exact) mass is 221 g/mol. The van der Waals surface area contributed by atoms with Crippen LogP contribution in [-0.4, -0.2) is 29.3 Å². The van der Waals surface area contributed by atoms with Gasteiger partial charge in [0.25, 0.3) is 0 Å². The first-order chi connectivity index (χ1) is 7.58. The SMILES string of the molecule is Cc1nc(N2CCC(O)C(C)C2)ccc1N. The first kappa shape index (κ1) is 11.2. The van der Waals surface area contributed by atoms with Gasteiger partial charge in [0.05, 0.1) is 17.5 Å². The number of hydrogen-bond acceptors (Lipinski definition) is 4. The number of piperidine rings is 1. The smallest absolute Gasteiger partial charge is 0.128 e. The Labute approximate surface area is 96.1 Å². The number of nitrogen functional groups attached to an aromatic ring is 1. The Kier molecular flexibility index (Phi) is 3.01. The summed E-state index contributed by atoms with van der Waals surface area (Å²) in [5.41, 5.74) is 7.35. The second-order valence-corrected chi connectivity index (χ2v) is 4.62. The summed E-state index contributed by atoms with van der Waals surface area (Å²) in [5.74, 6) is 1.26. The van der Waals surface area contributed by atoms with Crippen LogP contribution in [0.3, 0.4) is 0 Å². The van der Waals surface area contributed by atoms with Crippen LogP contribution in [0.4, 0.5) is 11.5 Å². The van der Waals surface area contributed by atoms with Crippen molar-refractivity contribution in [3.8, 4) is 0 Å². The molecule has 0 saturated carbocycles. The molecule has 4 nitrogen and oxygen atoms in total.